The topological polar surface area (TPSA) is 46.3 Å². The minimum Gasteiger partial charge on any atom is -0.338 e. The quantitative estimate of drug-likeness (QED) is 0.911. The molecular weight excluding hydrogens is 288 g/mol. The zero-order chi connectivity index (χ0) is 11.7. The summed E-state index contributed by atoms with van der Waals surface area (Å²) < 4.78 is 1.05. The molecule has 1 atom stereocenters. The van der Waals surface area contributed by atoms with Gasteiger partial charge in [-0.1, -0.05) is 0 Å². The molecule has 0 radical (unpaired) electrons. The largest absolute Gasteiger partial charge is 0.338 e. The number of thiophene rings is 1. The highest BCUT2D eigenvalue weighted by Gasteiger charge is 2.27. The van der Waals surface area contributed by atoms with Crippen molar-refractivity contribution in [1.82, 2.24) is 4.90 Å². The Balaban J connectivity index is 2.08. The molecule has 16 heavy (non-hydrogen) atoms. The second kappa shape index (κ2) is 4.85. The van der Waals surface area contributed by atoms with E-state index in [1.807, 2.05) is 17.9 Å². The van der Waals surface area contributed by atoms with E-state index in [0.717, 1.165) is 33.7 Å². The second-order valence-corrected chi connectivity index (χ2v) is 6.58. The fourth-order valence-electron chi connectivity index (χ4n) is 1.93. The second-order valence-electron chi connectivity index (χ2n) is 4.21. The third kappa shape index (κ3) is 2.31. The highest BCUT2D eigenvalue weighted by atomic mass is 79.9. The average Bonchev–Trinajstić information content (AvgIpc) is 2.86. The van der Waals surface area contributed by atoms with Crippen LogP contribution in [0.4, 0.5) is 0 Å². The van der Waals surface area contributed by atoms with Crippen LogP contribution in [0.15, 0.2) is 9.85 Å². The van der Waals surface area contributed by atoms with Crippen LogP contribution in [0.2, 0.25) is 0 Å². The van der Waals surface area contributed by atoms with Gasteiger partial charge in [-0.3, -0.25) is 4.79 Å². The van der Waals surface area contributed by atoms with Crippen molar-refractivity contribution < 1.29 is 4.79 Å². The van der Waals surface area contributed by atoms with Crippen LogP contribution in [-0.4, -0.2) is 30.4 Å². The predicted octanol–water partition coefficient (Wildman–Crippen LogP) is 2.24. The summed E-state index contributed by atoms with van der Waals surface area (Å²) >= 11 is 4.96. The van der Waals surface area contributed by atoms with Gasteiger partial charge in [0.05, 0.1) is 8.66 Å². The molecule has 5 heteroatoms. The molecule has 1 saturated heterocycles. The highest BCUT2D eigenvalue weighted by Crippen LogP contribution is 2.29. The summed E-state index contributed by atoms with van der Waals surface area (Å²) in [5.41, 5.74) is 6.75. The van der Waals surface area contributed by atoms with Gasteiger partial charge in [0.15, 0.2) is 0 Å². The summed E-state index contributed by atoms with van der Waals surface area (Å²) in [7, 11) is 0. The van der Waals surface area contributed by atoms with Gasteiger partial charge >= 0.3 is 0 Å². The van der Waals surface area contributed by atoms with Crippen LogP contribution in [0.5, 0.6) is 0 Å². The Hall–Kier alpha value is -0.390. The first-order valence-electron chi connectivity index (χ1n) is 5.37. The number of nitrogens with two attached hydrogens (primary N) is 1. The van der Waals surface area contributed by atoms with Crippen molar-refractivity contribution in [2.45, 2.75) is 13.3 Å². The lowest BCUT2D eigenvalue weighted by Gasteiger charge is -2.14. The van der Waals surface area contributed by atoms with E-state index < -0.39 is 0 Å². The molecule has 0 aromatic carbocycles. The molecule has 2 rings (SSSR count). The molecule has 2 heterocycles. The number of halogens is 1. The standard InChI is InChI=1S/C11H15BrN2OS/c1-7-4-9(16-10(7)12)11(15)14-3-2-8(5-13)6-14/h4,8H,2-3,5-6,13H2,1H3. The number of hydrogen-bond acceptors (Lipinski definition) is 3. The van der Waals surface area contributed by atoms with Crippen molar-refractivity contribution in [1.29, 1.82) is 0 Å². The van der Waals surface area contributed by atoms with Crippen molar-refractivity contribution in [3.63, 3.8) is 0 Å². The Kier molecular flexibility index (Phi) is 3.66. The fourth-order valence-corrected chi connectivity index (χ4v) is 3.43. The molecular formula is C11H15BrN2OS. The monoisotopic (exact) mass is 302 g/mol. The Bertz CT molecular complexity index is 385. The highest BCUT2D eigenvalue weighted by molar-refractivity contribution is 9.11. The lowest BCUT2D eigenvalue weighted by molar-refractivity contribution is 0.0792. The smallest absolute Gasteiger partial charge is 0.263 e. The van der Waals surface area contributed by atoms with E-state index in [-0.39, 0.29) is 5.91 Å². The maximum Gasteiger partial charge on any atom is 0.263 e. The van der Waals surface area contributed by atoms with Gasteiger partial charge in [-0.25, -0.2) is 0 Å². The Morgan fingerprint density at radius 2 is 2.50 bits per heavy atom. The zero-order valence-corrected chi connectivity index (χ0v) is 11.6. The molecule has 0 spiro atoms. The van der Waals surface area contributed by atoms with Crippen molar-refractivity contribution in [3.05, 3.63) is 20.3 Å². The van der Waals surface area contributed by atoms with E-state index in [9.17, 15) is 4.79 Å². The molecule has 0 bridgehead atoms. The van der Waals surface area contributed by atoms with E-state index in [0.29, 0.717) is 12.5 Å². The van der Waals surface area contributed by atoms with Crippen LogP contribution in [0.3, 0.4) is 0 Å². The molecule has 1 amide bonds. The van der Waals surface area contributed by atoms with Crippen LogP contribution in [0.25, 0.3) is 0 Å². The van der Waals surface area contributed by atoms with Gasteiger partial charge in [0.1, 0.15) is 0 Å². The number of amides is 1. The average molecular weight is 303 g/mol. The lowest BCUT2D eigenvalue weighted by atomic mass is 10.1. The molecule has 1 aliphatic rings. The molecule has 88 valence electrons. The number of carbonyl (C=O) groups excluding carboxylic acids is 1. The summed E-state index contributed by atoms with van der Waals surface area (Å²) in [5.74, 6) is 0.628. The van der Waals surface area contributed by atoms with Crippen molar-refractivity contribution in [2.24, 2.45) is 11.7 Å². The number of rotatable bonds is 2. The minimum absolute atomic E-state index is 0.148. The maximum absolute atomic E-state index is 12.1. The summed E-state index contributed by atoms with van der Waals surface area (Å²) in [6, 6.07) is 1.95. The van der Waals surface area contributed by atoms with Gasteiger partial charge in [0, 0.05) is 13.1 Å². The number of likely N-dealkylation sites (tertiary alicyclic amines) is 1. The summed E-state index contributed by atoms with van der Waals surface area (Å²) in [6.45, 7) is 4.33. The number of hydrogen-bond donors (Lipinski definition) is 1. The van der Waals surface area contributed by atoms with Gasteiger partial charge in [0.25, 0.3) is 5.91 Å². The predicted molar refractivity (Wildman–Crippen MR) is 69.8 cm³/mol. The summed E-state index contributed by atoms with van der Waals surface area (Å²) in [5, 5.41) is 0. The minimum atomic E-state index is 0.148. The Morgan fingerprint density at radius 1 is 1.75 bits per heavy atom. The third-order valence-electron chi connectivity index (χ3n) is 2.97. The molecule has 2 N–H and O–H groups in total. The van der Waals surface area contributed by atoms with Crippen LogP contribution < -0.4 is 5.73 Å². The zero-order valence-electron chi connectivity index (χ0n) is 9.20. The van der Waals surface area contributed by atoms with Gasteiger partial charge in [0.2, 0.25) is 0 Å². The summed E-state index contributed by atoms with van der Waals surface area (Å²) in [4.78, 5) is 14.9. The van der Waals surface area contributed by atoms with Crippen molar-refractivity contribution in [3.8, 4) is 0 Å². The van der Waals surface area contributed by atoms with E-state index in [1.54, 1.807) is 0 Å². The van der Waals surface area contributed by atoms with Crippen LogP contribution in [0, 0.1) is 12.8 Å². The molecule has 3 nitrogen and oxygen atoms in total. The fraction of sp³-hybridized carbons (Fsp3) is 0.545. The number of carbonyl (C=O) groups is 1. The molecule has 1 aliphatic heterocycles. The van der Waals surface area contributed by atoms with Crippen molar-refractivity contribution in [2.75, 3.05) is 19.6 Å². The first kappa shape index (κ1) is 12.1. The molecule has 0 aliphatic carbocycles. The normalized spacial score (nSPS) is 20.4. The van der Waals surface area contributed by atoms with E-state index in [2.05, 4.69) is 15.9 Å². The third-order valence-corrected chi connectivity index (χ3v) is 5.10. The SMILES string of the molecule is Cc1cc(C(=O)N2CCC(CN)C2)sc1Br. The number of aryl methyl sites for hydroxylation is 1. The van der Waals surface area contributed by atoms with Crippen LogP contribution in [-0.2, 0) is 0 Å². The van der Waals surface area contributed by atoms with Gasteiger partial charge in [-0.15, -0.1) is 11.3 Å². The van der Waals surface area contributed by atoms with E-state index >= 15 is 0 Å². The first-order chi connectivity index (χ1) is 7.61. The molecule has 0 saturated carbocycles. The molecule has 1 aromatic rings. The maximum atomic E-state index is 12.1. The molecule has 1 aromatic heterocycles. The van der Waals surface area contributed by atoms with Gasteiger partial charge < -0.3 is 10.6 Å². The van der Waals surface area contributed by atoms with E-state index in [1.165, 1.54) is 11.3 Å². The lowest BCUT2D eigenvalue weighted by Crippen LogP contribution is -2.29. The summed E-state index contributed by atoms with van der Waals surface area (Å²) in [6.07, 6.45) is 1.04. The van der Waals surface area contributed by atoms with Crippen molar-refractivity contribution >= 4 is 33.2 Å². The molecule has 1 fully saturated rings. The van der Waals surface area contributed by atoms with Crippen LogP contribution in [0.1, 0.15) is 21.7 Å². The Morgan fingerprint density at radius 3 is 3.00 bits per heavy atom. The number of nitrogens with zero attached hydrogens (tertiary/aromatic N) is 1. The van der Waals surface area contributed by atoms with Crippen LogP contribution >= 0.6 is 27.3 Å². The molecule has 1 unspecified atom stereocenters. The van der Waals surface area contributed by atoms with Gasteiger partial charge in [-0.2, -0.15) is 0 Å². The first-order valence-corrected chi connectivity index (χ1v) is 6.98. The van der Waals surface area contributed by atoms with E-state index in [4.69, 9.17) is 5.73 Å². The Labute approximate surface area is 108 Å². The van der Waals surface area contributed by atoms with Gasteiger partial charge in [-0.05, 0) is 53.4 Å².